The smallest absolute Gasteiger partial charge is 0.267 e. The summed E-state index contributed by atoms with van der Waals surface area (Å²) in [6.07, 6.45) is 3.73. The summed E-state index contributed by atoms with van der Waals surface area (Å²) in [7, 11) is 0. The summed E-state index contributed by atoms with van der Waals surface area (Å²) in [5, 5.41) is 6.11. The number of halogens is 1. The van der Waals surface area contributed by atoms with E-state index in [2.05, 4.69) is 10.1 Å². The molecule has 2 heterocycles. The summed E-state index contributed by atoms with van der Waals surface area (Å²) in [6.45, 7) is 2.03. The monoisotopic (exact) mass is 359 g/mol. The molecule has 0 fully saturated rings. The Morgan fingerprint density at radius 1 is 1.07 bits per heavy atom. The predicted octanol–water partition coefficient (Wildman–Crippen LogP) is 4.52. The van der Waals surface area contributed by atoms with Crippen LogP contribution >= 0.6 is 0 Å². The number of pyridine rings is 1. The van der Waals surface area contributed by atoms with Gasteiger partial charge in [-0.1, -0.05) is 42.0 Å². The molecule has 5 heteroatoms. The van der Waals surface area contributed by atoms with Crippen molar-refractivity contribution in [2.24, 2.45) is 5.10 Å². The summed E-state index contributed by atoms with van der Waals surface area (Å²) in [5.74, 6) is -0.527. The van der Waals surface area contributed by atoms with E-state index in [9.17, 15) is 9.18 Å². The van der Waals surface area contributed by atoms with Gasteiger partial charge >= 0.3 is 0 Å². The second kappa shape index (κ2) is 7.11. The highest BCUT2D eigenvalue weighted by molar-refractivity contribution is 6.05. The molecule has 0 N–H and O–H groups in total. The van der Waals surface area contributed by atoms with E-state index < -0.39 is 0 Å². The lowest BCUT2D eigenvalue weighted by atomic mass is 9.97. The predicted molar refractivity (Wildman–Crippen MR) is 102 cm³/mol. The van der Waals surface area contributed by atoms with Gasteiger partial charge in [0.2, 0.25) is 0 Å². The van der Waals surface area contributed by atoms with E-state index in [0.717, 1.165) is 22.4 Å². The van der Waals surface area contributed by atoms with E-state index in [1.54, 1.807) is 30.5 Å². The summed E-state index contributed by atoms with van der Waals surface area (Å²) in [6, 6.07) is 17.5. The fourth-order valence-electron chi connectivity index (χ4n) is 3.18. The number of amides is 1. The molecular weight excluding hydrogens is 341 g/mol. The van der Waals surface area contributed by atoms with Gasteiger partial charge in [0.05, 0.1) is 17.3 Å². The van der Waals surface area contributed by atoms with E-state index in [4.69, 9.17) is 0 Å². The lowest BCUT2D eigenvalue weighted by Crippen LogP contribution is -2.27. The summed E-state index contributed by atoms with van der Waals surface area (Å²) in [5.41, 5.74) is 4.30. The average molecular weight is 359 g/mol. The molecule has 0 unspecified atom stereocenters. The van der Waals surface area contributed by atoms with E-state index in [1.807, 2.05) is 31.2 Å². The normalized spacial score (nSPS) is 16.3. The Balaban J connectivity index is 1.72. The third kappa shape index (κ3) is 3.49. The lowest BCUT2D eigenvalue weighted by molar-refractivity contribution is 0.0710. The fraction of sp³-hybridized carbons (Fsp3) is 0.136. The molecule has 1 amide bonds. The van der Waals surface area contributed by atoms with Crippen molar-refractivity contribution in [2.75, 3.05) is 0 Å². The van der Waals surface area contributed by atoms with Crippen LogP contribution in [0.4, 0.5) is 4.39 Å². The molecule has 134 valence electrons. The molecular formula is C22H18FN3O. The first kappa shape index (κ1) is 17.1. The van der Waals surface area contributed by atoms with Crippen LogP contribution in [0.15, 0.2) is 78.2 Å². The Labute approximate surface area is 157 Å². The summed E-state index contributed by atoms with van der Waals surface area (Å²) in [4.78, 5) is 17.1. The van der Waals surface area contributed by atoms with Crippen LogP contribution in [0.25, 0.3) is 0 Å². The Morgan fingerprint density at radius 3 is 2.48 bits per heavy atom. The Bertz CT molecular complexity index is 982. The molecule has 0 bridgehead atoms. The third-order valence-corrected chi connectivity index (χ3v) is 4.67. The van der Waals surface area contributed by atoms with E-state index >= 15 is 0 Å². The van der Waals surface area contributed by atoms with Gasteiger partial charge in [0, 0.05) is 18.8 Å². The zero-order chi connectivity index (χ0) is 18.8. The molecule has 0 saturated carbocycles. The van der Waals surface area contributed by atoms with Crippen LogP contribution < -0.4 is 0 Å². The lowest BCUT2D eigenvalue weighted by Gasteiger charge is -2.22. The van der Waals surface area contributed by atoms with Crippen molar-refractivity contribution < 1.29 is 9.18 Å². The van der Waals surface area contributed by atoms with Crippen LogP contribution in [-0.4, -0.2) is 21.6 Å². The van der Waals surface area contributed by atoms with Gasteiger partial charge in [0.15, 0.2) is 0 Å². The van der Waals surface area contributed by atoms with Crippen LogP contribution in [0.3, 0.4) is 0 Å². The molecule has 0 aliphatic carbocycles. The standard InChI is InChI=1S/C22H18FN3O/c1-15-4-6-16(7-5-15)20-13-21(17-8-10-19(23)11-9-17)26(25-20)22(27)18-3-2-12-24-14-18/h2-12,14,21H,13H2,1H3/t21-/m1/s1. The first-order valence-corrected chi connectivity index (χ1v) is 8.75. The number of hydrazone groups is 1. The second-order valence-electron chi connectivity index (χ2n) is 6.58. The number of aromatic nitrogens is 1. The van der Waals surface area contributed by atoms with Crippen molar-refractivity contribution in [1.29, 1.82) is 0 Å². The molecule has 0 saturated heterocycles. The van der Waals surface area contributed by atoms with E-state index in [1.165, 1.54) is 23.3 Å². The van der Waals surface area contributed by atoms with Crippen LogP contribution in [0, 0.1) is 12.7 Å². The third-order valence-electron chi connectivity index (χ3n) is 4.67. The zero-order valence-corrected chi connectivity index (χ0v) is 14.8. The first-order chi connectivity index (χ1) is 13.1. The number of nitrogens with zero attached hydrogens (tertiary/aromatic N) is 3. The number of hydrogen-bond donors (Lipinski definition) is 0. The number of hydrogen-bond acceptors (Lipinski definition) is 3. The molecule has 1 aromatic heterocycles. The minimum absolute atomic E-state index is 0.223. The minimum atomic E-state index is -0.304. The van der Waals surface area contributed by atoms with Crippen LogP contribution in [0.2, 0.25) is 0 Å². The van der Waals surface area contributed by atoms with Crippen LogP contribution in [-0.2, 0) is 0 Å². The molecule has 2 aromatic carbocycles. The van der Waals surface area contributed by atoms with Crippen molar-refractivity contribution >= 4 is 11.6 Å². The first-order valence-electron chi connectivity index (χ1n) is 8.75. The van der Waals surface area contributed by atoms with E-state index in [0.29, 0.717) is 12.0 Å². The van der Waals surface area contributed by atoms with Gasteiger partial charge in [0.25, 0.3) is 5.91 Å². The topological polar surface area (TPSA) is 45.6 Å². The van der Waals surface area contributed by atoms with E-state index in [-0.39, 0.29) is 17.8 Å². The Hall–Kier alpha value is -3.34. The van der Waals surface area contributed by atoms with Gasteiger partial charge < -0.3 is 0 Å². The SMILES string of the molecule is Cc1ccc(C2=NN(C(=O)c3cccnc3)[C@@H](c3ccc(F)cc3)C2)cc1. The average Bonchev–Trinajstić information content (AvgIpc) is 3.14. The van der Waals surface area contributed by atoms with Gasteiger partial charge in [-0.15, -0.1) is 0 Å². The molecule has 27 heavy (non-hydrogen) atoms. The number of carbonyl (C=O) groups is 1. The molecule has 1 aliphatic heterocycles. The molecule has 1 atom stereocenters. The van der Waals surface area contributed by atoms with Crippen molar-refractivity contribution in [3.8, 4) is 0 Å². The summed E-state index contributed by atoms with van der Waals surface area (Å²) < 4.78 is 13.4. The number of aryl methyl sites for hydroxylation is 1. The largest absolute Gasteiger partial charge is 0.276 e. The molecule has 0 radical (unpaired) electrons. The Morgan fingerprint density at radius 2 is 1.81 bits per heavy atom. The maximum Gasteiger partial charge on any atom is 0.276 e. The number of rotatable bonds is 3. The maximum atomic E-state index is 13.4. The number of carbonyl (C=O) groups excluding carboxylic acids is 1. The molecule has 1 aliphatic rings. The van der Waals surface area contributed by atoms with Crippen molar-refractivity contribution in [3.63, 3.8) is 0 Å². The van der Waals surface area contributed by atoms with Crippen molar-refractivity contribution in [3.05, 3.63) is 101 Å². The summed E-state index contributed by atoms with van der Waals surface area (Å²) >= 11 is 0. The minimum Gasteiger partial charge on any atom is -0.267 e. The van der Waals surface area contributed by atoms with Crippen molar-refractivity contribution in [2.45, 2.75) is 19.4 Å². The quantitative estimate of drug-likeness (QED) is 0.690. The highest BCUT2D eigenvalue weighted by Crippen LogP contribution is 2.34. The highest BCUT2D eigenvalue weighted by atomic mass is 19.1. The zero-order valence-electron chi connectivity index (χ0n) is 14.8. The molecule has 4 nitrogen and oxygen atoms in total. The van der Waals surface area contributed by atoms with Crippen LogP contribution in [0.1, 0.15) is 39.5 Å². The molecule has 4 rings (SSSR count). The number of benzene rings is 2. The van der Waals surface area contributed by atoms with Crippen LogP contribution in [0.5, 0.6) is 0 Å². The Kier molecular flexibility index (Phi) is 4.50. The maximum absolute atomic E-state index is 13.4. The van der Waals surface area contributed by atoms with Gasteiger partial charge in [0.1, 0.15) is 5.82 Å². The molecule has 0 spiro atoms. The molecule has 3 aromatic rings. The van der Waals surface area contributed by atoms with Gasteiger partial charge in [-0.3, -0.25) is 9.78 Å². The van der Waals surface area contributed by atoms with Crippen molar-refractivity contribution in [1.82, 2.24) is 9.99 Å². The highest BCUT2D eigenvalue weighted by Gasteiger charge is 2.33. The van der Waals surface area contributed by atoms with Gasteiger partial charge in [-0.05, 0) is 42.3 Å². The van der Waals surface area contributed by atoms with Gasteiger partial charge in [-0.25, -0.2) is 9.40 Å². The van der Waals surface area contributed by atoms with Gasteiger partial charge in [-0.2, -0.15) is 5.10 Å². The second-order valence-corrected chi connectivity index (χ2v) is 6.58. The fourth-order valence-corrected chi connectivity index (χ4v) is 3.18.